The number of ether oxygens (including phenoxy) is 2. The molecule has 4 rings (SSSR count). The zero-order valence-corrected chi connectivity index (χ0v) is 15.5. The van der Waals surface area contributed by atoms with E-state index in [2.05, 4.69) is 4.90 Å². The van der Waals surface area contributed by atoms with Gasteiger partial charge in [-0.25, -0.2) is 0 Å². The minimum Gasteiger partial charge on any atom is -0.454 e. The van der Waals surface area contributed by atoms with E-state index >= 15 is 0 Å². The molecule has 0 N–H and O–H groups in total. The summed E-state index contributed by atoms with van der Waals surface area (Å²) in [5.41, 5.74) is 0.981. The molecular weight excluding hydrogens is 326 g/mol. The minimum atomic E-state index is 0.182. The van der Waals surface area contributed by atoms with Gasteiger partial charge in [0.15, 0.2) is 11.5 Å². The molecule has 0 spiro atoms. The first kappa shape index (κ1) is 17.4. The van der Waals surface area contributed by atoms with E-state index in [1.807, 2.05) is 24.3 Å². The summed E-state index contributed by atoms with van der Waals surface area (Å²) in [6, 6.07) is 6.69. The topological polar surface area (TPSA) is 38.8 Å². The lowest BCUT2D eigenvalue weighted by Gasteiger charge is -2.41. The molecule has 0 aromatic heterocycles. The second-order valence-electron chi connectivity index (χ2n) is 7.78. The Labute approximate surface area is 156 Å². The molecule has 0 unspecified atom stereocenters. The van der Waals surface area contributed by atoms with Crippen LogP contribution in [0.3, 0.4) is 0 Å². The molecule has 0 atom stereocenters. The first-order chi connectivity index (χ1) is 12.8. The Morgan fingerprint density at radius 1 is 0.885 bits per heavy atom. The van der Waals surface area contributed by atoms with Crippen molar-refractivity contribution in [2.24, 2.45) is 0 Å². The lowest BCUT2D eigenvalue weighted by Crippen LogP contribution is -2.48. The van der Waals surface area contributed by atoms with Crippen LogP contribution in [0.1, 0.15) is 69.8 Å². The number of fused-ring (bicyclic) bond motifs is 1. The summed E-state index contributed by atoms with van der Waals surface area (Å²) in [5.74, 6) is 1.72. The first-order valence-corrected chi connectivity index (χ1v) is 10.2. The van der Waals surface area contributed by atoms with Crippen LogP contribution in [0.5, 0.6) is 11.5 Å². The summed E-state index contributed by atoms with van der Waals surface area (Å²) in [6.45, 7) is 0.276. The Morgan fingerprint density at radius 3 is 2.15 bits per heavy atom. The molecule has 3 aliphatic rings. The van der Waals surface area contributed by atoms with Crippen molar-refractivity contribution >= 4 is 12.0 Å². The van der Waals surface area contributed by atoms with Crippen molar-refractivity contribution in [3.8, 4) is 11.5 Å². The second-order valence-corrected chi connectivity index (χ2v) is 7.78. The third-order valence-corrected chi connectivity index (χ3v) is 6.01. The lowest BCUT2D eigenvalue weighted by molar-refractivity contribution is -0.132. The summed E-state index contributed by atoms with van der Waals surface area (Å²) in [5, 5.41) is 0. The number of amides is 1. The molecule has 4 nitrogen and oxygen atoms in total. The highest BCUT2D eigenvalue weighted by Crippen LogP contribution is 2.33. The monoisotopic (exact) mass is 355 g/mol. The smallest absolute Gasteiger partial charge is 0.247 e. The van der Waals surface area contributed by atoms with Gasteiger partial charge in [-0.15, -0.1) is 0 Å². The highest BCUT2D eigenvalue weighted by molar-refractivity contribution is 5.92. The summed E-state index contributed by atoms with van der Waals surface area (Å²) in [7, 11) is 0. The Morgan fingerprint density at radius 2 is 1.50 bits per heavy atom. The molecule has 0 bridgehead atoms. The van der Waals surface area contributed by atoms with Crippen molar-refractivity contribution < 1.29 is 14.3 Å². The second kappa shape index (κ2) is 8.15. The van der Waals surface area contributed by atoms with E-state index in [0.29, 0.717) is 12.1 Å². The van der Waals surface area contributed by atoms with Crippen LogP contribution >= 0.6 is 0 Å². The zero-order valence-electron chi connectivity index (χ0n) is 15.5. The average Bonchev–Trinajstić information content (AvgIpc) is 3.16. The van der Waals surface area contributed by atoms with Crippen LogP contribution in [0, 0.1) is 0 Å². The molecule has 0 radical (unpaired) electrons. The highest BCUT2D eigenvalue weighted by atomic mass is 16.7. The standard InChI is InChI=1S/C22H29NO3/c24-22(14-12-17-11-13-20-21(15-17)26-16-25-20)23(18-7-3-1-4-8-18)19-9-5-2-6-10-19/h11-15,18-19H,1-10,16H2. The van der Waals surface area contributed by atoms with Crippen molar-refractivity contribution in [3.05, 3.63) is 29.8 Å². The average molecular weight is 355 g/mol. The van der Waals surface area contributed by atoms with Crippen molar-refractivity contribution in [2.75, 3.05) is 6.79 Å². The van der Waals surface area contributed by atoms with Gasteiger partial charge in [0.1, 0.15) is 0 Å². The minimum absolute atomic E-state index is 0.182. The van der Waals surface area contributed by atoms with Gasteiger partial charge in [0.05, 0.1) is 0 Å². The van der Waals surface area contributed by atoms with Gasteiger partial charge in [0.25, 0.3) is 0 Å². The van der Waals surface area contributed by atoms with Crippen LogP contribution in [0.15, 0.2) is 24.3 Å². The van der Waals surface area contributed by atoms with E-state index in [0.717, 1.165) is 17.1 Å². The van der Waals surface area contributed by atoms with E-state index in [-0.39, 0.29) is 12.7 Å². The van der Waals surface area contributed by atoms with Crippen LogP contribution in [0.25, 0.3) is 6.08 Å². The molecule has 2 fully saturated rings. The molecule has 1 aliphatic heterocycles. The van der Waals surface area contributed by atoms with Crippen molar-refractivity contribution in [3.63, 3.8) is 0 Å². The van der Waals surface area contributed by atoms with Gasteiger partial charge in [-0.1, -0.05) is 44.6 Å². The summed E-state index contributed by atoms with van der Waals surface area (Å²) < 4.78 is 10.8. The van der Waals surface area contributed by atoms with Crippen LogP contribution < -0.4 is 9.47 Å². The number of carbonyl (C=O) groups is 1. The number of carbonyl (C=O) groups excluding carboxylic acids is 1. The molecular formula is C22H29NO3. The number of nitrogens with zero attached hydrogens (tertiary/aromatic N) is 1. The van der Waals surface area contributed by atoms with E-state index < -0.39 is 0 Å². The number of hydrogen-bond donors (Lipinski definition) is 0. The number of rotatable bonds is 4. The summed E-state index contributed by atoms with van der Waals surface area (Å²) in [4.78, 5) is 15.4. The van der Waals surface area contributed by atoms with Crippen LogP contribution in [0.2, 0.25) is 0 Å². The predicted octanol–water partition coefficient (Wildman–Crippen LogP) is 4.92. The van der Waals surface area contributed by atoms with Gasteiger partial charge in [-0.05, 0) is 49.5 Å². The SMILES string of the molecule is O=C(C=Cc1ccc2c(c1)OCO2)N(C1CCCCC1)C1CCCCC1. The van der Waals surface area contributed by atoms with Gasteiger partial charge in [-0.3, -0.25) is 4.79 Å². The fourth-order valence-corrected chi connectivity index (χ4v) is 4.65. The van der Waals surface area contributed by atoms with Gasteiger partial charge >= 0.3 is 0 Å². The fourth-order valence-electron chi connectivity index (χ4n) is 4.65. The maximum Gasteiger partial charge on any atom is 0.247 e. The lowest BCUT2D eigenvalue weighted by atomic mass is 9.88. The molecule has 26 heavy (non-hydrogen) atoms. The molecule has 140 valence electrons. The largest absolute Gasteiger partial charge is 0.454 e. The van der Waals surface area contributed by atoms with Crippen molar-refractivity contribution in [2.45, 2.75) is 76.3 Å². The Kier molecular flexibility index (Phi) is 5.47. The van der Waals surface area contributed by atoms with Crippen LogP contribution in [-0.4, -0.2) is 29.7 Å². The maximum absolute atomic E-state index is 13.1. The van der Waals surface area contributed by atoms with E-state index in [1.54, 1.807) is 6.08 Å². The Hall–Kier alpha value is -1.97. The third-order valence-electron chi connectivity index (χ3n) is 6.01. The predicted molar refractivity (Wildman–Crippen MR) is 102 cm³/mol. The van der Waals surface area contributed by atoms with Crippen molar-refractivity contribution in [1.29, 1.82) is 0 Å². The molecule has 1 heterocycles. The summed E-state index contributed by atoms with van der Waals surface area (Å²) >= 11 is 0. The molecule has 2 saturated carbocycles. The van der Waals surface area contributed by atoms with E-state index in [1.165, 1.54) is 64.2 Å². The van der Waals surface area contributed by atoms with E-state index in [9.17, 15) is 4.79 Å². The Balaban J connectivity index is 1.49. The molecule has 0 saturated heterocycles. The van der Waals surface area contributed by atoms with Gasteiger partial charge in [0, 0.05) is 18.2 Å². The molecule has 1 aromatic rings. The molecule has 1 amide bonds. The van der Waals surface area contributed by atoms with E-state index in [4.69, 9.17) is 9.47 Å². The van der Waals surface area contributed by atoms with Crippen LogP contribution in [0.4, 0.5) is 0 Å². The van der Waals surface area contributed by atoms with Gasteiger partial charge < -0.3 is 14.4 Å². The Bertz CT molecular complexity index is 639. The van der Waals surface area contributed by atoms with Gasteiger partial charge in [0.2, 0.25) is 12.7 Å². The zero-order chi connectivity index (χ0) is 17.8. The number of hydrogen-bond acceptors (Lipinski definition) is 3. The summed E-state index contributed by atoms with van der Waals surface area (Å²) in [6.07, 6.45) is 16.0. The third kappa shape index (κ3) is 3.89. The number of benzene rings is 1. The first-order valence-electron chi connectivity index (χ1n) is 10.2. The van der Waals surface area contributed by atoms with Gasteiger partial charge in [-0.2, -0.15) is 0 Å². The highest BCUT2D eigenvalue weighted by Gasteiger charge is 2.31. The molecule has 2 aliphatic carbocycles. The normalized spacial score (nSPS) is 21.2. The molecule has 4 heteroatoms. The van der Waals surface area contributed by atoms with Crippen molar-refractivity contribution in [1.82, 2.24) is 4.90 Å². The molecule has 1 aromatic carbocycles. The maximum atomic E-state index is 13.1. The van der Waals surface area contributed by atoms with Crippen LogP contribution in [-0.2, 0) is 4.79 Å². The fraction of sp³-hybridized carbons (Fsp3) is 0.591. The quantitative estimate of drug-likeness (QED) is 0.719.